The predicted molar refractivity (Wildman–Crippen MR) is 122 cm³/mol. The fourth-order valence-electron chi connectivity index (χ4n) is 4.00. The van der Waals surface area contributed by atoms with E-state index < -0.39 is 23.2 Å². The summed E-state index contributed by atoms with van der Waals surface area (Å²) in [5.74, 6) is 2.70. The Morgan fingerprint density at radius 2 is 1.85 bits per heavy atom. The van der Waals surface area contributed by atoms with Crippen LogP contribution in [0.5, 0.6) is 0 Å². The number of fused-ring (bicyclic) bond motifs is 1. The van der Waals surface area contributed by atoms with Gasteiger partial charge in [-0.05, 0) is 25.2 Å². The zero-order valence-electron chi connectivity index (χ0n) is 18.1. The molecule has 2 unspecified atom stereocenters. The summed E-state index contributed by atoms with van der Waals surface area (Å²) in [6.45, 7) is 3.60. The van der Waals surface area contributed by atoms with Crippen LogP contribution in [-0.2, 0) is 11.8 Å². The second kappa shape index (κ2) is 7.76. The van der Waals surface area contributed by atoms with Gasteiger partial charge >= 0.3 is 5.69 Å². The molecule has 5 rings (SSSR count). The molecule has 3 atom stereocenters. The number of anilines is 4. The molecule has 1 saturated heterocycles. The van der Waals surface area contributed by atoms with Crippen molar-refractivity contribution in [3.05, 3.63) is 39.4 Å². The third-order valence-corrected chi connectivity index (χ3v) is 6.13. The number of rotatable bonds is 6. The van der Waals surface area contributed by atoms with Crippen LogP contribution in [0.25, 0.3) is 11.4 Å². The summed E-state index contributed by atoms with van der Waals surface area (Å²) in [6.07, 6.45) is 6.21. The average Bonchev–Trinajstić information content (AvgIpc) is 3.18. The Bertz CT molecular complexity index is 1320. The molecule has 13 nitrogen and oxygen atoms in total. The highest BCUT2D eigenvalue weighted by atomic mass is 16.2. The van der Waals surface area contributed by atoms with Crippen LogP contribution in [0.1, 0.15) is 13.3 Å². The van der Waals surface area contributed by atoms with E-state index in [0.29, 0.717) is 17.2 Å². The molecule has 0 aromatic carbocycles. The van der Waals surface area contributed by atoms with Gasteiger partial charge in [-0.3, -0.25) is 19.1 Å². The zero-order valence-corrected chi connectivity index (χ0v) is 18.1. The minimum Gasteiger partial charge on any atom is -0.383 e. The maximum atomic E-state index is 12.6. The molecule has 3 aromatic heterocycles. The van der Waals surface area contributed by atoms with Crippen molar-refractivity contribution >= 4 is 29.2 Å². The molecule has 0 radical (unpaired) electrons. The predicted octanol–water partition coefficient (Wildman–Crippen LogP) is -0.269. The van der Waals surface area contributed by atoms with Crippen LogP contribution in [0.2, 0.25) is 0 Å². The lowest BCUT2D eigenvalue weighted by Gasteiger charge is -2.17. The van der Waals surface area contributed by atoms with E-state index in [9.17, 15) is 14.4 Å². The SMILES string of the molecule is C[C@H](Nc1c(N)n(C)c(=O)[nH]c1=O)C(=O)Nc1cnc(-c2cnc(N3CC4CC4C3)nc2)[nH]1. The lowest BCUT2D eigenvalue weighted by molar-refractivity contribution is -0.116. The van der Waals surface area contributed by atoms with Crippen molar-refractivity contribution in [3.63, 3.8) is 0 Å². The third kappa shape index (κ3) is 3.92. The van der Waals surface area contributed by atoms with Crippen molar-refractivity contribution in [2.24, 2.45) is 18.9 Å². The second-order valence-electron chi connectivity index (χ2n) is 8.51. The molecule has 2 fully saturated rings. The van der Waals surface area contributed by atoms with E-state index in [2.05, 4.69) is 40.5 Å². The van der Waals surface area contributed by atoms with Gasteiger partial charge in [0, 0.05) is 32.5 Å². The largest absolute Gasteiger partial charge is 0.383 e. The van der Waals surface area contributed by atoms with Crippen LogP contribution < -0.4 is 32.5 Å². The van der Waals surface area contributed by atoms with Crippen LogP contribution in [0.3, 0.4) is 0 Å². The Morgan fingerprint density at radius 3 is 2.55 bits per heavy atom. The molecule has 4 heterocycles. The topological polar surface area (TPSA) is 180 Å². The van der Waals surface area contributed by atoms with E-state index in [4.69, 9.17) is 5.73 Å². The van der Waals surface area contributed by atoms with Gasteiger partial charge in [0.15, 0.2) is 0 Å². The number of aromatic amines is 2. The van der Waals surface area contributed by atoms with E-state index in [0.717, 1.165) is 35.4 Å². The third-order valence-electron chi connectivity index (χ3n) is 6.13. The summed E-state index contributed by atoms with van der Waals surface area (Å²) >= 11 is 0. The van der Waals surface area contributed by atoms with Crippen LogP contribution in [0.15, 0.2) is 28.2 Å². The van der Waals surface area contributed by atoms with E-state index in [-0.39, 0.29) is 11.5 Å². The number of hydrogen-bond donors (Lipinski definition) is 5. The number of amides is 1. The summed E-state index contributed by atoms with van der Waals surface area (Å²) in [6, 6.07) is -0.827. The van der Waals surface area contributed by atoms with Gasteiger partial charge in [-0.2, -0.15) is 0 Å². The number of carbonyl (C=O) groups excluding carboxylic acids is 1. The number of piperidine rings is 1. The monoisotopic (exact) mass is 452 g/mol. The maximum absolute atomic E-state index is 12.6. The molecule has 1 aliphatic heterocycles. The Morgan fingerprint density at radius 1 is 1.15 bits per heavy atom. The van der Waals surface area contributed by atoms with Crippen molar-refractivity contribution in [3.8, 4) is 11.4 Å². The van der Waals surface area contributed by atoms with Crippen LogP contribution in [-0.4, -0.2) is 54.5 Å². The first-order chi connectivity index (χ1) is 15.8. The molecule has 1 aliphatic carbocycles. The standard InChI is InChI=1S/C20H24N10O3/c1-9(25-14-15(21)29(2)20(33)28-18(14)32)17(31)27-13-6-22-16(26-13)12-4-23-19(24-5-12)30-7-10-3-11(10)8-30/h4-6,9-11,25H,3,7-8,21H2,1-2H3,(H,22,26)(H,27,31)(H,28,32,33)/t9-,10?,11?/m0/s1. The van der Waals surface area contributed by atoms with Gasteiger partial charge in [0.05, 0.1) is 11.8 Å². The summed E-state index contributed by atoms with van der Waals surface area (Å²) in [7, 11) is 1.42. The number of carbonyl (C=O) groups is 1. The summed E-state index contributed by atoms with van der Waals surface area (Å²) < 4.78 is 1.08. The highest BCUT2D eigenvalue weighted by Gasteiger charge is 2.45. The van der Waals surface area contributed by atoms with Gasteiger partial charge in [-0.25, -0.2) is 19.7 Å². The highest BCUT2D eigenvalue weighted by Crippen LogP contribution is 2.45. The Kier molecular flexibility index (Phi) is 4.87. The normalized spacial score (nSPS) is 19.8. The average molecular weight is 452 g/mol. The number of imidazole rings is 1. The Balaban J connectivity index is 1.23. The molecular weight excluding hydrogens is 428 g/mol. The molecular formula is C20H24N10O3. The van der Waals surface area contributed by atoms with Gasteiger partial charge in [0.1, 0.15) is 29.2 Å². The highest BCUT2D eigenvalue weighted by molar-refractivity contribution is 5.96. The quantitative estimate of drug-likeness (QED) is 0.336. The van der Waals surface area contributed by atoms with Crippen molar-refractivity contribution < 1.29 is 4.79 Å². The Labute approximate surface area is 187 Å². The molecule has 6 N–H and O–H groups in total. The van der Waals surface area contributed by atoms with Gasteiger partial charge in [-0.15, -0.1) is 0 Å². The Hall–Kier alpha value is -4.16. The molecule has 1 amide bonds. The number of nitrogens with zero attached hydrogens (tertiary/aromatic N) is 5. The smallest absolute Gasteiger partial charge is 0.329 e. The molecule has 33 heavy (non-hydrogen) atoms. The first-order valence-electron chi connectivity index (χ1n) is 10.6. The molecule has 0 spiro atoms. The fraction of sp³-hybridized carbons (Fsp3) is 0.400. The summed E-state index contributed by atoms with van der Waals surface area (Å²) in [5.41, 5.74) is 5.13. The minimum atomic E-state index is -0.827. The van der Waals surface area contributed by atoms with Gasteiger partial charge in [-0.1, -0.05) is 0 Å². The van der Waals surface area contributed by atoms with Gasteiger partial charge < -0.3 is 26.3 Å². The molecule has 2 aliphatic rings. The van der Waals surface area contributed by atoms with Gasteiger partial charge in [0.2, 0.25) is 11.9 Å². The van der Waals surface area contributed by atoms with Crippen molar-refractivity contribution in [1.29, 1.82) is 0 Å². The van der Waals surface area contributed by atoms with Crippen molar-refractivity contribution in [1.82, 2.24) is 29.5 Å². The molecule has 172 valence electrons. The molecule has 1 saturated carbocycles. The van der Waals surface area contributed by atoms with Crippen LogP contribution in [0, 0.1) is 11.8 Å². The van der Waals surface area contributed by atoms with Crippen LogP contribution >= 0.6 is 0 Å². The number of hydrogen-bond acceptors (Lipinski definition) is 9. The first-order valence-corrected chi connectivity index (χ1v) is 10.6. The second-order valence-corrected chi connectivity index (χ2v) is 8.51. The maximum Gasteiger partial charge on any atom is 0.329 e. The summed E-state index contributed by atoms with van der Waals surface area (Å²) in [4.78, 5) is 56.8. The van der Waals surface area contributed by atoms with Crippen LogP contribution in [0.4, 0.5) is 23.3 Å². The van der Waals surface area contributed by atoms with E-state index in [1.54, 1.807) is 19.3 Å². The number of nitrogens with two attached hydrogens (primary N) is 1. The zero-order chi connectivity index (χ0) is 23.3. The lowest BCUT2D eigenvalue weighted by Crippen LogP contribution is -2.38. The fourth-order valence-corrected chi connectivity index (χ4v) is 4.00. The van der Waals surface area contributed by atoms with Gasteiger partial charge in [0.25, 0.3) is 5.56 Å². The van der Waals surface area contributed by atoms with E-state index in [1.807, 2.05) is 0 Å². The van der Waals surface area contributed by atoms with Crippen molar-refractivity contribution in [2.45, 2.75) is 19.4 Å². The lowest BCUT2D eigenvalue weighted by atomic mass is 10.3. The summed E-state index contributed by atoms with van der Waals surface area (Å²) in [5, 5.41) is 5.44. The molecule has 0 bridgehead atoms. The minimum absolute atomic E-state index is 0.0578. The molecule has 13 heteroatoms. The van der Waals surface area contributed by atoms with E-state index in [1.165, 1.54) is 19.7 Å². The number of nitrogens with one attached hydrogen (secondary N) is 4. The van der Waals surface area contributed by atoms with E-state index >= 15 is 0 Å². The number of nitrogen functional groups attached to an aromatic ring is 1. The first kappa shape index (κ1) is 20.7. The van der Waals surface area contributed by atoms with Crippen molar-refractivity contribution in [2.75, 3.05) is 34.4 Å². The number of H-pyrrole nitrogens is 2. The number of aromatic nitrogens is 6. The molecule has 3 aromatic rings.